The van der Waals surface area contributed by atoms with E-state index in [-0.39, 0.29) is 24.0 Å². The molecule has 2 aliphatic rings. The summed E-state index contributed by atoms with van der Waals surface area (Å²) in [5.41, 5.74) is 1.05. The van der Waals surface area contributed by atoms with Crippen LogP contribution in [0.3, 0.4) is 0 Å². The SMILES string of the molecule is CN=C(NCC(C)CN1CCOCC1)NC1CCN(c2cc(Cl)ccc2OC)C1.I. The van der Waals surface area contributed by atoms with Crippen LogP contribution in [0.25, 0.3) is 0 Å². The molecule has 2 atom stereocenters. The number of ether oxygens (including phenoxy) is 2. The maximum Gasteiger partial charge on any atom is 0.191 e. The summed E-state index contributed by atoms with van der Waals surface area (Å²) in [5, 5.41) is 7.78. The Kier molecular flexibility index (Phi) is 10.8. The maximum atomic E-state index is 6.20. The van der Waals surface area contributed by atoms with Crippen LogP contribution in [0.5, 0.6) is 5.75 Å². The van der Waals surface area contributed by atoms with Gasteiger partial charge in [-0.2, -0.15) is 0 Å². The van der Waals surface area contributed by atoms with Gasteiger partial charge in [0.1, 0.15) is 5.75 Å². The number of hydrogen-bond donors (Lipinski definition) is 2. The van der Waals surface area contributed by atoms with E-state index < -0.39 is 0 Å². The van der Waals surface area contributed by atoms with E-state index in [1.807, 2.05) is 25.2 Å². The molecular formula is C21H35ClIN5O2. The molecule has 2 heterocycles. The van der Waals surface area contributed by atoms with E-state index in [1.54, 1.807) is 7.11 Å². The van der Waals surface area contributed by atoms with Crippen molar-refractivity contribution >= 4 is 47.2 Å². The fraction of sp³-hybridized carbons (Fsp3) is 0.667. The first-order valence-corrected chi connectivity index (χ1v) is 10.8. The Labute approximate surface area is 202 Å². The van der Waals surface area contributed by atoms with E-state index in [4.69, 9.17) is 21.1 Å². The average molecular weight is 552 g/mol. The zero-order valence-corrected chi connectivity index (χ0v) is 21.3. The molecule has 7 nitrogen and oxygen atoms in total. The minimum Gasteiger partial charge on any atom is -0.495 e. The van der Waals surface area contributed by atoms with Crippen LogP contribution in [-0.4, -0.2) is 83.5 Å². The number of halogens is 2. The van der Waals surface area contributed by atoms with Gasteiger partial charge in [0.15, 0.2) is 5.96 Å². The van der Waals surface area contributed by atoms with Crippen molar-refractivity contribution in [2.75, 3.05) is 71.5 Å². The summed E-state index contributed by atoms with van der Waals surface area (Å²) in [7, 11) is 3.52. The van der Waals surface area contributed by atoms with Gasteiger partial charge >= 0.3 is 0 Å². The molecule has 1 aromatic carbocycles. The summed E-state index contributed by atoms with van der Waals surface area (Å²) in [4.78, 5) is 9.20. The summed E-state index contributed by atoms with van der Waals surface area (Å²) in [6.07, 6.45) is 1.04. The largest absolute Gasteiger partial charge is 0.495 e. The smallest absolute Gasteiger partial charge is 0.191 e. The highest BCUT2D eigenvalue weighted by atomic mass is 127. The summed E-state index contributed by atoms with van der Waals surface area (Å²) >= 11 is 6.20. The number of rotatable bonds is 7. The van der Waals surface area contributed by atoms with E-state index in [0.717, 1.165) is 81.3 Å². The predicted octanol–water partition coefficient (Wildman–Crippen LogP) is 2.68. The predicted molar refractivity (Wildman–Crippen MR) is 135 cm³/mol. The van der Waals surface area contributed by atoms with Crippen molar-refractivity contribution in [1.29, 1.82) is 0 Å². The number of hydrogen-bond acceptors (Lipinski definition) is 5. The summed E-state index contributed by atoms with van der Waals surface area (Å²) in [6.45, 7) is 9.86. The molecule has 2 unspecified atom stereocenters. The number of morpholine rings is 1. The number of aliphatic imine (C=N–C) groups is 1. The van der Waals surface area contributed by atoms with Crippen molar-refractivity contribution in [2.45, 2.75) is 19.4 Å². The Hall–Kier alpha value is -0.970. The highest BCUT2D eigenvalue weighted by Crippen LogP contribution is 2.33. The second kappa shape index (κ2) is 12.8. The highest BCUT2D eigenvalue weighted by molar-refractivity contribution is 14.0. The molecule has 30 heavy (non-hydrogen) atoms. The van der Waals surface area contributed by atoms with Crippen molar-refractivity contribution in [1.82, 2.24) is 15.5 Å². The van der Waals surface area contributed by atoms with Gasteiger partial charge in [-0.05, 0) is 30.5 Å². The molecule has 3 rings (SSSR count). The van der Waals surface area contributed by atoms with Crippen LogP contribution in [0.15, 0.2) is 23.2 Å². The van der Waals surface area contributed by atoms with Gasteiger partial charge in [0.2, 0.25) is 0 Å². The van der Waals surface area contributed by atoms with Gasteiger partial charge in [-0.25, -0.2) is 0 Å². The molecule has 0 aromatic heterocycles. The first-order valence-electron chi connectivity index (χ1n) is 10.4. The van der Waals surface area contributed by atoms with Crippen LogP contribution < -0.4 is 20.3 Å². The fourth-order valence-corrected chi connectivity index (χ4v) is 4.12. The van der Waals surface area contributed by atoms with Crippen LogP contribution in [0.2, 0.25) is 5.02 Å². The highest BCUT2D eigenvalue weighted by Gasteiger charge is 2.25. The molecule has 170 valence electrons. The third-order valence-corrected chi connectivity index (χ3v) is 5.76. The molecule has 2 saturated heterocycles. The van der Waals surface area contributed by atoms with E-state index in [2.05, 4.69) is 32.3 Å². The summed E-state index contributed by atoms with van der Waals surface area (Å²) in [5.74, 6) is 2.26. The number of anilines is 1. The van der Waals surface area contributed by atoms with Gasteiger partial charge in [-0.1, -0.05) is 18.5 Å². The second-order valence-electron chi connectivity index (χ2n) is 7.86. The van der Waals surface area contributed by atoms with Crippen LogP contribution in [0, 0.1) is 5.92 Å². The topological polar surface area (TPSA) is 61.4 Å². The van der Waals surface area contributed by atoms with Crippen LogP contribution in [0.1, 0.15) is 13.3 Å². The first-order chi connectivity index (χ1) is 14.1. The molecule has 2 N–H and O–H groups in total. The van der Waals surface area contributed by atoms with Crippen molar-refractivity contribution in [3.05, 3.63) is 23.2 Å². The Morgan fingerprint density at radius 3 is 2.80 bits per heavy atom. The Balaban J connectivity index is 0.00000320. The molecule has 0 radical (unpaired) electrons. The monoisotopic (exact) mass is 551 g/mol. The van der Waals surface area contributed by atoms with Crippen LogP contribution in [-0.2, 0) is 4.74 Å². The Morgan fingerprint density at radius 1 is 1.33 bits per heavy atom. The number of guanidine groups is 1. The third-order valence-electron chi connectivity index (χ3n) is 5.53. The van der Waals surface area contributed by atoms with Gasteiger partial charge in [0, 0.05) is 57.4 Å². The summed E-state index contributed by atoms with van der Waals surface area (Å²) in [6, 6.07) is 6.09. The lowest BCUT2D eigenvalue weighted by Crippen LogP contribution is -2.47. The number of nitrogens with one attached hydrogen (secondary N) is 2. The van der Waals surface area contributed by atoms with Gasteiger partial charge in [0.05, 0.1) is 26.0 Å². The van der Waals surface area contributed by atoms with E-state index in [0.29, 0.717) is 12.0 Å². The minimum atomic E-state index is 0. The zero-order valence-electron chi connectivity index (χ0n) is 18.2. The average Bonchev–Trinajstić information content (AvgIpc) is 3.20. The van der Waals surface area contributed by atoms with Crippen LogP contribution in [0.4, 0.5) is 5.69 Å². The molecule has 2 fully saturated rings. The second-order valence-corrected chi connectivity index (χ2v) is 8.30. The summed E-state index contributed by atoms with van der Waals surface area (Å²) < 4.78 is 10.9. The minimum absolute atomic E-state index is 0. The molecule has 9 heteroatoms. The quantitative estimate of drug-likeness (QED) is 0.309. The lowest BCUT2D eigenvalue weighted by atomic mass is 10.1. The maximum absolute atomic E-state index is 6.20. The molecule has 0 amide bonds. The van der Waals surface area contributed by atoms with Gasteiger partial charge in [-0.3, -0.25) is 9.89 Å². The molecule has 0 aliphatic carbocycles. The Bertz CT molecular complexity index is 687. The van der Waals surface area contributed by atoms with Gasteiger partial charge in [0.25, 0.3) is 0 Å². The van der Waals surface area contributed by atoms with Crippen molar-refractivity contribution in [2.24, 2.45) is 10.9 Å². The standard InChI is InChI=1S/C21H34ClN5O2.HI/c1-16(14-26-8-10-29-11-9-26)13-24-21(23-2)25-18-6-7-27(15-18)19-12-17(22)4-5-20(19)28-3;/h4-5,12,16,18H,6-11,13-15H2,1-3H3,(H2,23,24,25);1H. The van der Waals surface area contributed by atoms with Crippen molar-refractivity contribution in [3.63, 3.8) is 0 Å². The number of benzene rings is 1. The van der Waals surface area contributed by atoms with Crippen molar-refractivity contribution < 1.29 is 9.47 Å². The van der Waals surface area contributed by atoms with E-state index in [9.17, 15) is 0 Å². The Morgan fingerprint density at radius 2 is 2.10 bits per heavy atom. The fourth-order valence-electron chi connectivity index (χ4n) is 3.96. The molecule has 0 bridgehead atoms. The lowest BCUT2D eigenvalue weighted by molar-refractivity contribution is 0.0320. The molecule has 2 aliphatic heterocycles. The zero-order chi connectivity index (χ0) is 20.6. The number of methoxy groups -OCH3 is 1. The molecule has 0 spiro atoms. The van der Waals surface area contributed by atoms with E-state index in [1.165, 1.54) is 0 Å². The van der Waals surface area contributed by atoms with Gasteiger partial charge < -0.3 is 25.0 Å². The first kappa shape index (κ1) is 25.3. The molecule has 1 aromatic rings. The third kappa shape index (κ3) is 7.32. The van der Waals surface area contributed by atoms with E-state index >= 15 is 0 Å². The number of nitrogens with zero attached hydrogens (tertiary/aromatic N) is 3. The lowest BCUT2D eigenvalue weighted by Gasteiger charge is -2.29. The normalized spacial score (nSPS) is 21.1. The molecule has 0 saturated carbocycles. The van der Waals surface area contributed by atoms with Gasteiger partial charge in [-0.15, -0.1) is 24.0 Å². The molecular weight excluding hydrogens is 517 g/mol. The van der Waals surface area contributed by atoms with Crippen molar-refractivity contribution in [3.8, 4) is 5.75 Å². The van der Waals surface area contributed by atoms with Crippen LogP contribution >= 0.6 is 35.6 Å².